The highest BCUT2D eigenvalue weighted by atomic mass is 19.1. The van der Waals surface area contributed by atoms with Gasteiger partial charge in [-0.25, -0.2) is 4.39 Å². The van der Waals surface area contributed by atoms with Gasteiger partial charge in [0.15, 0.2) is 0 Å². The SMILES string of the molecule is Cc1ccccc1C(=O)N1CCC2(CC1)NC(=O)c1ccc(F)cc1N2C. The van der Waals surface area contributed by atoms with Gasteiger partial charge in [0.1, 0.15) is 11.5 Å². The fourth-order valence-corrected chi connectivity index (χ4v) is 4.09. The van der Waals surface area contributed by atoms with E-state index >= 15 is 0 Å². The van der Waals surface area contributed by atoms with Crippen LogP contribution in [0.4, 0.5) is 10.1 Å². The van der Waals surface area contributed by atoms with E-state index in [9.17, 15) is 14.0 Å². The molecule has 2 aromatic carbocycles. The van der Waals surface area contributed by atoms with Crippen LogP contribution in [0.25, 0.3) is 0 Å². The van der Waals surface area contributed by atoms with Crippen molar-refractivity contribution >= 4 is 17.5 Å². The van der Waals surface area contributed by atoms with Gasteiger partial charge in [-0.2, -0.15) is 0 Å². The van der Waals surface area contributed by atoms with Gasteiger partial charge in [-0.1, -0.05) is 18.2 Å². The Morgan fingerprint density at radius 1 is 1.15 bits per heavy atom. The molecular formula is C21H22FN3O2. The molecule has 5 nitrogen and oxygen atoms in total. The van der Waals surface area contributed by atoms with Crippen LogP contribution in [0.5, 0.6) is 0 Å². The highest BCUT2D eigenvalue weighted by Gasteiger charge is 2.45. The molecule has 27 heavy (non-hydrogen) atoms. The third-order valence-corrected chi connectivity index (χ3v) is 5.81. The summed E-state index contributed by atoms with van der Waals surface area (Å²) >= 11 is 0. The Bertz CT molecular complexity index is 919. The third-order valence-electron chi connectivity index (χ3n) is 5.81. The Morgan fingerprint density at radius 2 is 1.85 bits per heavy atom. The number of benzene rings is 2. The Morgan fingerprint density at radius 3 is 2.56 bits per heavy atom. The minimum atomic E-state index is -0.597. The van der Waals surface area contributed by atoms with Crippen LogP contribution in [-0.4, -0.2) is 42.5 Å². The predicted octanol–water partition coefficient (Wildman–Crippen LogP) is 2.95. The second-order valence-electron chi connectivity index (χ2n) is 7.31. The third kappa shape index (κ3) is 2.85. The largest absolute Gasteiger partial charge is 0.351 e. The van der Waals surface area contributed by atoms with Crippen molar-refractivity contribution in [2.75, 3.05) is 25.0 Å². The number of nitrogens with zero attached hydrogens (tertiary/aromatic N) is 2. The van der Waals surface area contributed by atoms with Crippen LogP contribution in [-0.2, 0) is 0 Å². The molecule has 2 aromatic rings. The van der Waals surface area contributed by atoms with Gasteiger partial charge in [-0.3, -0.25) is 9.59 Å². The minimum Gasteiger partial charge on any atom is -0.351 e. The van der Waals surface area contributed by atoms with Gasteiger partial charge in [-0.15, -0.1) is 0 Å². The van der Waals surface area contributed by atoms with Crippen LogP contribution < -0.4 is 10.2 Å². The van der Waals surface area contributed by atoms with Crippen molar-refractivity contribution in [3.05, 3.63) is 65.0 Å². The van der Waals surface area contributed by atoms with Gasteiger partial charge in [0, 0.05) is 38.5 Å². The van der Waals surface area contributed by atoms with Crippen LogP contribution in [0.1, 0.15) is 39.1 Å². The maximum Gasteiger partial charge on any atom is 0.255 e. The van der Waals surface area contributed by atoms with Crippen LogP contribution in [0.15, 0.2) is 42.5 Å². The lowest BCUT2D eigenvalue weighted by atomic mass is 9.90. The second-order valence-corrected chi connectivity index (χ2v) is 7.31. The molecule has 2 heterocycles. The Balaban J connectivity index is 1.56. The molecule has 0 aromatic heterocycles. The molecule has 0 bridgehead atoms. The molecule has 0 aliphatic carbocycles. The summed E-state index contributed by atoms with van der Waals surface area (Å²) in [6.45, 7) is 2.99. The van der Waals surface area contributed by atoms with Crippen LogP contribution in [0.3, 0.4) is 0 Å². The fraction of sp³-hybridized carbons (Fsp3) is 0.333. The number of rotatable bonds is 1. The first-order valence-corrected chi connectivity index (χ1v) is 9.12. The van der Waals surface area contributed by atoms with E-state index in [0.29, 0.717) is 42.7 Å². The summed E-state index contributed by atoms with van der Waals surface area (Å²) in [4.78, 5) is 29.2. The van der Waals surface area contributed by atoms with Gasteiger partial charge in [-0.05, 0) is 36.8 Å². The van der Waals surface area contributed by atoms with Crippen LogP contribution in [0, 0.1) is 12.7 Å². The monoisotopic (exact) mass is 367 g/mol. The van der Waals surface area contributed by atoms with E-state index in [2.05, 4.69) is 5.32 Å². The fourth-order valence-electron chi connectivity index (χ4n) is 4.09. The van der Waals surface area contributed by atoms with Gasteiger partial charge in [0.05, 0.1) is 11.3 Å². The summed E-state index contributed by atoms with van der Waals surface area (Å²) in [6, 6.07) is 11.8. The quantitative estimate of drug-likeness (QED) is 0.843. The van der Waals surface area contributed by atoms with E-state index in [4.69, 9.17) is 0 Å². The summed E-state index contributed by atoms with van der Waals surface area (Å²) in [7, 11) is 1.87. The lowest BCUT2D eigenvalue weighted by molar-refractivity contribution is 0.0608. The molecule has 4 rings (SSSR count). The summed E-state index contributed by atoms with van der Waals surface area (Å²) in [6.07, 6.45) is 1.17. The summed E-state index contributed by atoms with van der Waals surface area (Å²) in [5, 5.41) is 3.09. The number of carbonyl (C=O) groups excluding carboxylic acids is 2. The average molecular weight is 367 g/mol. The van der Waals surface area contributed by atoms with E-state index in [0.717, 1.165) is 5.56 Å². The van der Waals surface area contributed by atoms with Crippen molar-refractivity contribution in [1.82, 2.24) is 10.2 Å². The first-order valence-electron chi connectivity index (χ1n) is 9.12. The maximum atomic E-state index is 13.7. The molecule has 0 atom stereocenters. The predicted molar refractivity (Wildman–Crippen MR) is 101 cm³/mol. The van der Waals surface area contributed by atoms with Crippen molar-refractivity contribution in [2.24, 2.45) is 0 Å². The minimum absolute atomic E-state index is 0.0131. The zero-order valence-electron chi connectivity index (χ0n) is 15.5. The molecule has 1 spiro atoms. The Kier molecular flexibility index (Phi) is 4.13. The van der Waals surface area contributed by atoms with Crippen molar-refractivity contribution in [2.45, 2.75) is 25.4 Å². The number of anilines is 1. The van der Waals surface area contributed by atoms with E-state index in [-0.39, 0.29) is 17.6 Å². The zero-order chi connectivity index (χ0) is 19.2. The summed E-state index contributed by atoms with van der Waals surface area (Å²) < 4.78 is 13.7. The molecule has 1 fully saturated rings. The lowest BCUT2D eigenvalue weighted by Gasteiger charge is -2.51. The number of aryl methyl sites for hydroxylation is 1. The standard InChI is InChI=1S/C21H22FN3O2/c1-14-5-3-4-6-16(14)20(27)25-11-9-21(10-12-25)23-19(26)17-8-7-15(22)13-18(17)24(21)2/h3-8,13H,9-12H2,1-2H3,(H,23,26). The van der Waals surface area contributed by atoms with Crippen molar-refractivity contribution in [3.8, 4) is 0 Å². The molecule has 1 N–H and O–H groups in total. The Hall–Kier alpha value is -2.89. The number of hydrogen-bond donors (Lipinski definition) is 1. The molecule has 2 aliphatic heterocycles. The van der Waals surface area contributed by atoms with Gasteiger partial charge in [0.25, 0.3) is 11.8 Å². The molecule has 0 radical (unpaired) electrons. The number of amides is 2. The molecule has 6 heteroatoms. The number of carbonyl (C=O) groups is 2. The molecule has 2 aliphatic rings. The topological polar surface area (TPSA) is 52.7 Å². The molecule has 140 valence electrons. The second kappa shape index (κ2) is 6.37. The summed E-state index contributed by atoms with van der Waals surface area (Å²) in [5.41, 5.74) is 2.14. The number of hydrogen-bond acceptors (Lipinski definition) is 3. The first-order chi connectivity index (χ1) is 12.9. The average Bonchev–Trinajstić information content (AvgIpc) is 2.67. The number of fused-ring (bicyclic) bond motifs is 1. The number of piperidine rings is 1. The Labute approximate surface area is 157 Å². The first kappa shape index (κ1) is 17.5. The van der Waals surface area contributed by atoms with E-state index < -0.39 is 5.66 Å². The van der Waals surface area contributed by atoms with E-state index in [1.165, 1.54) is 18.2 Å². The number of nitrogens with one attached hydrogen (secondary N) is 1. The van der Waals surface area contributed by atoms with Gasteiger partial charge in [0.2, 0.25) is 0 Å². The van der Waals surface area contributed by atoms with Crippen molar-refractivity contribution < 1.29 is 14.0 Å². The summed E-state index contributed by atoms with van der Waals surface area (Å²) in [5.74, 6) is -0.543. The normalized spacial score (nSPS) is 18.3. The highest BCUT2D eigenvalue weighted by molar-refractivity contribution is 6.02. The maximum absolute atomic E-state index is 13.7. The van der Waals surface area contributed by atoms with Crippen molar-refractivity contribution in [3.63, 3.8) is 0 Å². The van der Waals surface area contributed by atoms with E-state index in [1.54, 1.807) is 0 Å². The number of halogens is 1. The van der Waals surface area contributed by atoms with Gasteiger partial charge < -0.3 is 15.1 Å². The smallest absolute Gasteiger partial charge is 0.255 e. The molecule has 2 amide bonds. The lowest BCUT2D eigenvalue weighted by Crippen LogP contribution is -2.67. The number of likely N-dealkylation sites (tertiary alicyclic amines) is 1. The van der Waals surface area contributed by atoms with Crippen LogP contribution in [0.2, 0.25) is 0 Å². The molecular weight excluding hydrogens is 345 g/mol. The zero-order valence-corrected chi connectivity index (χ0v) is 15.5. The highest BCUT2D eigenvalue weighted by Crippen LogP contribution is 2.36. The molecule has 0 saturated carbocycles. The van der Waals surface area contributed by atoms with Gasteiger partial charge >= 0.3 is 0 Å². The molecule has 1 saturated heterocycles. The van der Waals surface area contributed by atoms with Crippen molar-refractivity contribution in [1.29, 1.82) is 0 Å². The molecule has 0 unspecified atom stereocenters. The van der Waals surface area contributed by atoms with E-state index in [1.807, 2.05) is 48.0 Å². The van der Waals surface area contributed by atoms with Crippen LogP contribution >= 0.6 is 0 Å².